The third-order valence-corrected chi connectivity index (χ3v) is 3.84. The summed E-state index contributed by atoms with van der Waals surface area (Å²) in [6.45, 7) is 0. The molecule has 0 aliphatic heterocycles. The van der Waals surface area contributed by atoms with Gasteiger partial charge in [-0.1, -0.05) is 17.7 Å². The van der Waals surface area contributed by atoms with Crippen molar-refractivity contribution in [1.29, 1.82) is 0 Å². The number of hydrogen-bond acceptors (Lipinski definition) is 4. The van der Waals surface area contributed by atoms with Gasteiger partial charge < -0.3 is 11.1 Å². The van der Waals surface area contributed by atoms with Crippen molar-refractivity contribution in [2.45, 2.75) is 0 Å². The number of hydrogen-bond donors (Lipinski definition) is 3. The Bertz CT molecular complexity index is 913. The number of carbonyl (C=O) groups is 2. The Morgan fingerprint density at radius 1 is 1.08 bits per heavy atom. The summed E-state index contributed by atoms with van der Waals surface area (Å²) in [5.41, 5.74) is 6.22. The Hall–Kier alpha value is -2.58. The van der Waals surface area contributed by atoms with Gasteiger partial charge in [-0.15, -0.1) is 0 Å². The zero-order chi connectivity index (χ0) is 17.9. The van der Waals surface area contributed by atoms with Crippen molar-refractivity contribution in [3.8, 4) is 0 Å². The van der Waals surface area contributed by atoms with Gasteiger partial charge in [0.15, 0.2) is 0 Å². The second-order valence-electron chi connectivity index (χ2n) is 4.97. The van der Waals surface area contributed by atoms with Crippen LogP contribution in [0.5, 0.6) is 0 Å². The summed E-state index contributed by atoms with van der Waals surface area (Å²) in [4.78, 5) is 23.4. The molecular formula is C15H14ClN3O4S. The van der Waals surface area contributed by atoms with Crippen molar-refractivity contribution >= 4 is 44.8 Å². The number of halogens is 1. The lowest BCUT2D eigenvalue weighted by molar-refractivity contribution is 0.0996. The third kappa shape index (κ3) is 4.71. The van der Waals surface area contributed by atoms with Gasteiger partial charge in [-0.25, -0.2) is 8.42 Å². The van der Waals surface area contributed by atoms with Crippen LogP contribution in [0.2, 0.25) is 5.02 Å². The molecule has 0 saturated carbocycles. The van der Waals surface area contributed by atoms with Crippen LogP contribution in [0, 0.1) is 0 Å². The molecule has 0 atom stereocenters. The van der Waals surface area contributed by atoms with Crippen LogP contribution in [0.1, 0.15) is 20.7 Å². The van der Waals surface area contributed by atoms with Crippen LogP contribution in [0.15, 0.2) is 42.5 Å². The highest BCUT2D eigenvalue weighted by Crippen LogP contribution is 2.23. The minimum Gasteiger partial charge on any atom is -0.366 e. The van der Waals surface area contributed by atoms with E-state index in [0.29, 0.717) is 5.69 Å². The van der Waals surface area contributed by atoms with Crippen LogP contribution >= 0.6 is 11.6 Å². The van der Waals surface area contributed by atoms with E-state index in [9.17, 15) is 18.0 Å². The predicted molar refractivity (Wildman–Crippen MR) is 92.8 cm³/mol. The summed E-state index contributed by atoms with van der Waals surface area (Å²) < 4.78 is 24.6. The molecule has 2 aromatic rings. The smallest absolute Gasteiger partial charge is 0.257 e. The highest BCUT2D eigenvalue weighted by Gasteiger charge is 2.13. The van der Waals surface area contributed by atoms with Gasteiger partial charge in [0.1, 0.15) is 0 Å². The summed E-state index contributed by atoms with van der Waals surface area (Å²) in [6, 6.07) is 10.3. The first-order valence-electron chi connectivity index (χ1n) is 6.64. The SMILES string of the molecule is CS(=O)(=O)Nc1ccc(C(=O)Nc2cccc(C(N)=O)c2)c(Cl)c1. The molecule has 0 spiro atoms. The summed E-state index contributed by atoms with van der Waals surface area (Å²) >= 11 is 6.03. The number of primary amides is 1. The van der Waals surface area contributed by atoms with E-state index < -0.39 is 21.8 Å². The monoisotopic (exact) mass is 367 g/mol. The minimum absolute atomic E-state index is 0.0761. The molecule has 0 unspecified atom stereocenters. The molecule has 0 radical (unpaired) electrons. The minimum atomic E-state index is -3.44. The van der Waals surface area contributed by atoms with E-state index in [2.05, 4.69) is 10.0 Å². The lowest BCUT2D eigenvalue weighted by atomic mass is 10.1. The Balaban J connectivity index is 2.21. The van der Waals surface area contributed by atoms with Crippen molar-refractivity contribution in [1.82, 2.24) is 0 Å². The first kappa shape index (κ1) is 17.8. The first-order chi connectivity index (χ1) is 11.2. The molecular weight excluding hydrogens is 354 g/mol. The molecule has 7 nitrogen and oxygen atoms in total. The number of amides is 2. The van der Waals surface area contributed by atoms with Crippen molar-refractivity contribution in [2.75, 3.05) is 16.3 Å². The molecule has 0 fully saturated rings. The quantitative estimate of drug-likeness (QED) is 0.749. The van der Waals surface area contributed by atoms with Crippen LogP contribution in [-0.4, -0.2) is 26.5 Å². The van der Waals surface area contributed by atoms with E-state index in [4.69, 9.17) is 17.3 Å². The van der Waals surface area contributed by atoms with E-state index in [1.54, 1.807) is 12.1 Å². The first-order valence-corrected chi connectivity index (χ1v) is 8.91. The average Bonchev–Trinajstić information content (AvgIpc) is 2.45. The molecule has 126 valence electrons. The summed E-state index contributed by atoms with van der Waals surface area (Å²) in [6.07, 6.45) is 1.01. The Morgan fingerprint density at radius 2 is 1.79 bits per heavy atom. The van der Waals surface area contributed by atoms with Gasteiger partial charge in [0.25, 0.3) is 5.91 Å². The number of benzene rings is 2. The number of anilines is 2. The molecule has 0 saturated heterocycles. The third-order valence-electron chi connectivity index (χ3n) is 2.92. The number of sulfonamides is 1. The normalized spacial score (nSPS) is 10.9. The fraction of sp³-hybridized carbons (Fsp3) is 0.0667. The van der Waals surface area contributed by atoms with Crippen LogP contribution in [0.25, 0.3) is 0 Å². The molecule has 2 amide bonds. The maximum atomic E-state index is 12.3. The molecule has 4 N–H and O–H groups in total. The van der Waals surface area contributed by atoms with E-state index in [0.717, 1.165) is 6.26 Å². The van der Waals surface area contributed by atoms with E-state index in [1.165, 1.54) is 30.3 Å². The molecule has 0 aromatic heterocycles. The van der Waals surface area contributed by atoms with Gasteiger partial charge in [0, 0.05) is 16.9 Å². The van der Waals surface area contributed by atoms with E-state index in [1.807, 2.05) is 0 Å². The summed E-state index contributed by atoms with van der Waals surface area (Å²) in [7, 11) is -3.44. The fourth-order valence-corrected chi connectivity index (χ4v) is 2.75. The zero-order valence-corrected chi connectivity index (χ0v) is 14.1. The average molecular weight is 368 g/mol. The molecule has 0 bridgehead atoms. The largest absolute Gasteiger partial charge is 0.366 e. The predicted octanol–water partition coefficient (Wildman–Crippen LogP) is 2.06. The van der Waals surface area contributed by atoms with E-state index in [-0.39, 0.29) is 21.8 Å². The highest BCUT2D eigenvalue weighted by atomic mass is 35.5. The summed E-state index contributed by atoms with van der Waals surface area (Å²) in [5.74, 6) is -1.12. The standard InChI is InChI=1S/C15H14ClN3O4S/c1-24(22,23)19-11-5-6-12(13(16)8-11)15(21)18-10-4-2-3-9(7-10)14(17)20/h2-8,19H,1H3,(H2,17,20)(H,18,21). The van der Waals surface area contributed by atoms with Gasteiger partial charge in [-0.05, 0) is 36.4 Å². The highest BCUT2D eigenvalue weighted by molar-refractivity contribution is 7.92. The van der Waals surface area contributed by atoms with Crippen molar-refractivity contribution in [3.63, 3.8) is 0 Å². The van der Waals surface area contributed by atoms with Crippen LogP contribution in [0.3, 0.4) is 0 Å². The van der Waals surface area contributed by atoms with Crippen LogP contribution < -0.4 is 15.8 Å². The van der Waals surface area contributed by atoms with Gasteiger partial charge >= 0.3 is 0 Å². The topological polar surface area (TPSA) is 118 Å². The molecule has 0 heterocycles. The molecule has 0 aliphatic rings. The van der Waals surface area contributed by atoms with Gasteiger partial charge in [0.05, 0.1) is 16.8 Å². The van der Waals surface area contributed by atoms with Crippen LogP contribution in [0.4, 0.5) is 11.4 Å². The summed E-state index contributed by atoms with van der Waals surface area (Å²) in [5, 5.41) is 2.67. The number of carbonyl (C=O) groups excluding carboxylic acids is 2. The Labute approximate surface area is 143 Å². The van der Waals surface area contributed by atoms with Gasteiger partial charge in [-0.3, -0.25) is 14.3 Å². The second kappa shape index (κ2) is 6.90. The van der Waals surface area contributed by atoms with Crippen molar-refractivity contribution in [3.05, 3.63) is 58.6 Å². The number of nitrogens with two attached hydrogens (primary N) is 1. The molecule has 2 rings (SSSR count). The number of rotatable bonds is 5. The lowest BCUT2D eigenvalue weighted by Gasteiger charge is -2.09. The van der Waals surface area contributed by atoms with Gasteiger partial charge in [0.2, 0.25) is 15.9 Å². The lowest BCUT2D eigenvalue weighted by Crippen LogP contribution is -2.15. The Kier molecular flexibility index (Phi) is 5.10. The number of nitrogens with one attached hydrogen (secondary N) is 2. The molecule has 0 aliphatic carbocycles. The Morgan fingerprint density at radius 3 is 2.38 bits per heavy atom. The fourth-order valence-electron chi connectivity index (χ4n) is 1.93. The maximum Gasteiger partial charge on any atom is 0.257 e. The van der Waals surface area contributed by atoms with Crippen molar-refractivity contribution < 1.29 is 18.0 Å². The molecule has 24 heavy (non-hydrogen) atoms. The van der Waals surface area contributed by atoms with Crippen molar-refractivity contribution in [2.24, 2.45) is 5.73 Å². The molecule has 2 aromatic carbocycles. The van der Waals surface area contributed by atoms with Crippen LogP contribution in [-0.2, 0) is 10.0 Å². The zero-order valence-electron chi connectivity index (χ0n) is 12.5. The molecule has 9 heteroatoms. The second-order valence-corrected chi connectivity index (χ2v) is 7.12. The van der Waals surface area contributed by atoms with E-state index >= 15 is 0 Å². The van der Waals surface area contributed by atoms with Gasteiger partial charge in [-0.2, -0.15) is 0 Å². The maximum absolute atomic E-state index is 12.3.